The molecule has 0 saturated heterocycles. The zero-order valence-electron chi connectivity index (χ0n) is 18.8. The number of thiophene rings is 1. The quantitative estimate of drug-likeness (QED) is 0.286. The zero-order valence-corrected chi connectivity index (χ0v) is 21.1. The summed E-state index contributed by atoms with van der Waals surface area (Å²) in [6.45, 7) is 0.617. The second-order valence-corrected chi connectivity index (χ2v) is 9.68. The third kappa shape index (κ3) is 4.66. The van der Waals surface area contributed by atoms with Gasteiger partial charge in [0.05, 0.1) is 57.1 Å². The van der Waals surface area contributed by atoms with Crippen LogP contribution in [0.4, 0.5) is 11.4 Å². The predicted molar refractivity (Wildman–Crippen MR) is 140 cm³/mol. The number of benzene rings is 1. The standard InChI is InChI=1S/C25H19Cl2N5O2S/c1-31-3-5-32(6-4-31)13-17-7-15(14-34-17)23-10-21-25(35-23)24(16(11-28)12-29-21)30-20-9-22(33-2)19(27)8-18(20)26/h3-10,12,14H,13H2,1-2H3,(H,29,30). The molecule has 3 aromatic heterocycles. The number of methoxy groups -OCH3 is 1. The average molecular weight is 524 g/mol. The van der Waals surface area contributed by atoms with Crippen LogP contribution in [-0.4, -0.2) is 28.9 Å². The average Bonchev–Trinajstić information content (AvgIpc) is 3.49. The van der Waals surface area contributed by atoms with Gasteiger partial charge in [-0.1, -0.05) is 23.2 Å². The van der Waals surface area contributed by atoms with Crippen molar-refractivity contribution in [3.05, 3.63) is 82.9 Å². The van der Waals surface area contributed by atoms with Gasteiger partial charge in [-0.05, 0) is 18.2 Å². The van der Waals surface area contributed by atoms with Crippen LogP contribution in [0.15, 0.2) is 65.9 Å². The number of nitrogens with zero attached hydrogens (tertiary/aromatic N) is 4. The summed E-state index contributed by atoms with van der Waals surface area (Å²) in [5, 5.41) is 13.8. The lowest BCUT2D eigenvalue weighted by molar-refractivity contribution is 0.390. The van der Waals surface area contributed by atoms with Crippen molar-refractivity contribution >= 4 is 56.1 Å². The van der Waals surface area contributed by atoms with E-state index in [1.807, 2.05) is 53.8 Å². The summed E-state index contributed by atoms with van der Waals surface area (Å²) in [5.74, 6) is 1.31. The van der Waals surface area contributed by atoms with Crippen LogP contribution >= 0.6 is 34.5 Å². The molecule has 0 bridgehead atoms. The van der Waals surface area contributed by atoms with Crippen molar-refractivity contribution in [2.24, 2.45) is 0 Å². The van der Waals surface area contributed by atoms with Crippen molar-refractivity contribution < 1.29 is 9.15 Å². The number of halogens is 2. The van der Waals surface area contributed by atoms with E-state index in [1.165, 1.54) is 18.4 Å². The van der Waals surface area contributed by atoms with E-state index >= 15 is 0 Å². The van der Waals surface area contributed by atoms with Gasteiger partial charge in [0, 0.05) is 54.6 Å². The molecule has 10 heteroatoms. The van der Waals surface area contributed by atoms with Crippen LogP contribution in [0.25, 0.3) is 20.7 Å². The molecule has 7 nitrogen and oxygen atoms in total. The summed E-state index contributed by atoms with van der Waals surface area (Å²) in [5.41, 5.74) is 3.30. The minimum absolute atomic E-state index is 0.400. The molecule has 0 spiro atoms. The minimum atomic E-state index is 0.400. The highest BCUT2D eigenvalue weighted by atomic mass is 35.5. The molecule has 4 heterocycles. The number of fused-ring (bicyclic) bond motifs is 1. The van der Waals surface area contributed by atoms with Crippen molar-refractivity contribution in [1.82, 2.24) is 14.8 Å². The number of hydrogen-bond donors (Lipinski definition) is 1. The highest BCUT2D eigenvalue weighted by Crippen LogP contribution is 2.42. The number of ether oxygens (including phenoxy) is 1. The Morgan fingerprint density at radius 2 is 1.94 bits per heavy atom. The number of nitrogens with one attached hydrogen (secondary N) is 1. The second-order valence-electron chi connectivity index (χ2n) is 7.81. The number of anilines is 2. The van der Waals surface area contributed by atoms with Crippen molar-refractivity contribution in [3.8, 4) is 22.3 Å². The molecule has 0 unspecified atom stereocenters. The smallest absolute Gasteiger partial charge is 0.139 e. The molecule has 35 heavy (non-hydrogen) atoms. The van der Waals surface area contributed by atoms with E-state index in [0.29, 0.717) is 39.3 Å². The third-order valence-electron chi connectivity index (χ3n) is 5.43. The van der Waals surface area contributed by atoms with Gasteiger partial charge in [0.15, 0.2) is 0 Å². The molecule has 176 valence electrons. The molecule has 1 aliphatic rings. The second kappa shape index (κ2) is 9.55. The molecule has 0 aliphatic carbocycles. The SMILES string of the molecule is COc1cc(Nc2c(C#N)cnc3cc(-c4coc(CN5C=CN(C)C=C5)c4)sc23)c(Cl)cc1Cl. The molecule has 5 rings (SSSR count). The molecule has 1 N–H and O–H groups in total. The fourth-order valence-electron chi connectivity index (χ4n) is 3.60. The summed E-state index contributed by atoms with van der Waals surface area (Å²) in [6.07, 6.45) is 11.2. The van der Waals surface area contributed by atoms with E-state index in [0.717, 1.165) is 26.4 Å². The number of hydrogen-bond acceptors (Lipinski definition) is 8. The molecule has 0 saturated carbocycles. The summed E-state index contributed by atoms with van der Waals surface area (Å²) in [7, 11) is 3.51. The fourth-order valence-corrected chi connectivity index (χ4v) is 5.21. The number of aromatic nitrogens is 1. The molecule has 1 aromatic carbocycles. The van der Waals surface area contributed by atoms with Gasteiger partial charge in [0.25, 0.3) is 0 Å². The molecule has 0 amide bonds. The van der Waals surface area contributed by atoms with Crippen molar-refractivity contribution in [1.29, 1.82) is 5.26 Å². The van der Waals surface area contributed by atoms with Gasteiger partial charge in [0.2, 0.25) is 0 Å². The lowest BCUT2D eigenvalue weighted by Gasteiger charge is -2.20. The van der Waals surface area contributed by atoms with Gasteiger partial charge in [0.1, 0.15) is 17.6 Å². The number of rotatable bonds is 6. The van der Waals surface area contributed by atoms with Crippen molar-refractivity contribution in [2.75, 3.05) is 19.5 Å². The first kappa shape index (κ1) is 23.1. The Morgan fingerprint density at radius 1 is 1.14 bits per heavy atom. The lowest BCUT2D eigenvalue weighted by Crippen LogP contribution is -2.16. The monoisotopic (exact) mass is 523 g/mol. The highest BCUT2D eigenvalue weighted by Gasteiger charge is 2.17. The largest absolute Gasteiger partial charge is 0.495 e. The van der Waals surface area contributed by atoms with E-state index < -0.39 is 0 Å². The Balaban J connectivity index is 1.48. The van der Waals surface area contributed by atoms with E-state index in [2.05, 4.69) is 16.4 Å². The molecule has 1 aliphatic heterocycles. The minimum Gasteiger partial charge on any atom is -0.495 e. The van der Waals surface area contributed by atoms with Gasteiger partial charge in [-0.25, -0.2) is 0 Å². The number of furan rings is 1. The topological polar surface area (TPSA) is 77.6 Å². The van der Waals surface area contributed by atoms with Crippen LogP contribution in [-0.2, 0) is 6.54 Å². The molecular formula is C25H19Cl2N5O2S. The Labute approximate surface area is 216 Å². The highest BCUT2D eigenvalue weighted by molar-refractivity contribution is 7.22. The maximum atomic E-state index is 9.73. The fraction of sp³-hybridized carbons (Fsp3) is 0.120. The predicted octanol–water partition coefficient (Wildman–Crippen LogP) is 7.18. The molecule has 4 aromatic rings. The lowest BCUT2D eigenvalue weighted by atomic mass is 10.2. The van der Waals surface area contributed by atoms with E-state index in [9.17, 15) is 5.26 Å². The first-order chi connectivity index (χ1) is 16.9. The van der Waals surface area contributed by atoms with Gasteiger partial charge in [-0.3, -0.25) is 4.98 Å². The van der Waals surface area contributed by atoms with Crippen LogP contribution in [0.1, 0.15) is 11.3 Å². The summed E-state index contributed by atoms with van der Waals surface area (Å²) in [6, 6.07) is 9.52. The normalized spacial score (nSPS) is 12.9. The molecular weight excluding hydrogens is 505 g/mol. The first-order valence-corrected chi connectivity index (χ1v) is 12.1. The van der Waals surface area contributed by atoms with Crippen molar-refractivity contribution in [3.63, 3.8) is 0 Å². The zero-order chi connectivity index (χ0) is 24.5. The Kier molecular flexibility index (Phi) is 6.31. The van der Waals surface area contributed by atoms with Gasteiger partial charge >= 0.3 is 0 Å². The van der Waals surface area contributed by atoms with E-state index in [4.69, 9.17) is 32.4 Å². The van der Waals surface area contributed by atoms with Crippen molar-refractivity contribution in [2.45, 2.75) is 6.54 Å². The Morgan fingerprint density at radius 3 is 2.69 bits per heavy atom. The van der Waals surface area contributed by atoms with Crippen LogP contribution in [0.3, 0.4) is 0 Å². The van der Waals surface area contributed by atoms with Gasteiger partial charge in [-0.15, -0.1) is 11.3 Å². The van der Waals surface area contributed by atoms with E-state index in [-0.39, 0.29) is 0 Å². The maximum absolute atomic E-state index is 9.73. The van der Waals surface area contributed by atoms with Crippen LogP contribution in [0, 0.1) is 11.3 Å². The summed E-state index contributed by atoms with van der Waals surface area (Å²) >= 11 is 14.1. The molecule has 0 fully saturated rings. The summed E-state index contributed by atoms with van der Waals surface area (Å²) < 4.78 is 12.0. The number of nitriles is 1. The Hall–Kier alpha value is -3.64. The van der Waals surface area contributed by atoms with Crippen LogP contribution in [0.2, 0.25) is 10.0 Å². The first-order valence-electron chi connectivity index (χ1n) is 10.5. The molecule has 0 radical (unpaired) electrons. The van der Waals surface area contributed by atoms with Gasteiger partial charge < -0.3 is 24.3 Å². The van der Waals surface area contributed by atoms with Crippen LogP contribution < -0.4 is 10.1 Å². The third-order valence-corrected chi connectivity index (χ3v) is 7.23. The van der Waals surface area contributed by atoms with Crippen LogP contribution in [0.5, 0.6) is 5.75 Å². The Bertz CT molecular complexity index is 1500. The van der Waals surface area contributed by atoms with Gasteiger partial charge in [-0.2, -0.15) is 5.26 Å². The molecule has 0 atom stereocenters. The number of pyridine rings is 1. The summed E-state index contributed by atoms with van der Waals surface area (Å²) in [4.78, 5) is 9.48. The maximum Gasteiger partial charge on any atom is 0.139 e. The van der Waals surface area contributed by atoms with E-state index in [1.54, 1.807) is 24.6 Å².